The Balaban J connectivity index is 1.69. The lowest BCUT2D eigenvalue weighted by molar-refractivity contribution is -0.307. The van der Waals surface area contributed by atoms with Crippen molar-refractivity contribution < 1.29 is 62.9 Å². The van der Waals surface area contributed by atoms with Crippen molar-refractivity contribution in [3.63, 3.8) is 0 Å². The lowest BCUT2D eigenvalue weighted by Crippen LogP contribution is -2.58. The van der Waals surface area contributed by atoms with Gasteiger partial charge in [0.05, 0.1) is 56.8 Å². The number of methoxy groups -OCH3 is 1. The van der Waals surface area contributed by atoms with E-state index in [0.717, 1.165) is 25.3 Å². The number of fused-ring (bicyclic) bond motifs is 6. The van der Waals surface area contributed by atoms with Gasteiger partial charge in [0.1, 0.15) is 6.10 Å². The van der Waals surface area contributed by atoms with Crippen molar-refractivity contribution >= 4 is 17.9 Å². The highest BCUT2D eigenvalue weighted by Gasteiger charge is 2.52. The van der Waals surface area contributed by atoms with Crippen LogP contribution in [0.4, 0.5) is 0 Å². The zero-order valence-electron chi connectivity index (χ0n) is 27.2. The molecule has 13 nitrogen and oxygen atoms in total. The van der Waals surface area contributed by atoms with E-state index >= 15 is 0 Å². The van der Waals surface area contributed by atoms with E-state index in [1.807, 2.05) is 0 Å². The molecule has 3 fully saturated rings. The van der Waals surface area contributed by atoms with Crippen molar-refractivity contribution in [2.24, 2.45) is 5.92 Å². The van der Waals surface area contributed by atoms with Crippen LogP contribution in [-0.2, 0) is 47.5 Å². The molecule has 46 heavy (non-hydrogen) atoms. The zero-order chi connectivity index (χ0) is 33.4. The quantitative estimate of drug-likeness (QED) is 0.174. The Bertz CT molecular complexity index is 1110. The van der Waals surface area contributed by atoms with Gasteiger partial charge in [-0.2, -0.15) is 0 Å². The molecule has 0 aromatic rings. The molecule has 0 saturated carbocycles. The van der Waals surface area contributed by atoms with E-state index in [1.165, 1.54) is 14.0 Å². The molecule has 4 heterocycles. The highest BCUT2D eigenvalue weighted by molar-refractivity contribution is 5.83. The van der Waals surface area contributed by atoms with Crippen molar-refractivity contribution in [3.8, 4) is 0 Å². The molecule has 4 rings (SSSR count). The molecule has 0 aliphatic carbocycles. The van der Waals surface area contributed by atoms with Crippen LogP contribution in [0.1, 0.15) is 85.0 Å². The first kappa shape index (κ1) is 36.4. The molecule has 11 atom stereocenters. The second-order valence-corrected chi connectivity index (χ2v) is 12.8. The molecular formula is C33H50O13. The van der Waals surface area contributed by atoms with Crippen molar-refractivity contribution in [3.05, 3.63) is 23.8 Å². The predicted octanol–water partition coefficient (Wildman–Crippen LogP) is 2.37. The number of ether oxygens (including phenoxy) is 7. The number of hydrogen-bond acceptors (Lipinski definition) is 13. The maximum atomic E-state index is 12.9. The minimum atomic E-state index is -2.19. The van der Waals surface area contributed by atoms with E-state index in [1.54, 1.807) is 26.0 Å². The number of carbonyl (C=O) groups excluding carboxylic acids is 3. The van der Waals surface area contributed by atoms with Gasteiger partial charge in [-0.05, 0) is 57.1 Å². The molecule has 6 bridgehead atoms. The second-order valence-electron chi connectivity index (χ2n) is 12.8. The van der Waals surface area contributed by atoms with Gasteiger partial charge >= 0.3 is 17.9 Å². The Morgan fingerprint density at radius 3 is 2.48 bits per heavy atom. The SMILES string of the molecule is CCC(=O)O[C@H]1/C(=C/C(=O)OC)CC2CC([C@@H](C)O)OC(=O)C[C@H](O)C[C@@H]3CCC[C@H](C[C@@H]4CCO[C@H](/C=C/[C@H](C)[C@]1(O)O2)O4)O3. The summed E-state index contributed by atoms with van der Waals surface area (Å²) in [5.74, 6) is -5.08. The summed E-state index contributed by atoms with van der Waals surface area (Å²) in [5.41, 5.74) is 0.234. The highest BCUT2D eigenvalue weighted by atomic mass is 16.7. The van der Waals surface area contributed by atoms with Crippen LogP contribution in [0.2, 0.25) is 0 Å². The van der Waals surface area contributed by atoms with E-state index in [4.69, 9.17) is 33.2 Å². The average molecular weight is 655 g/mol. The van der Waals surface area contributed by atoms with Gasteiger partial charge in [0.15, 0.2) is 12.4 Å². The van der Waals surface area contributed by atoms with Crippen LogP contribution in [0.3, 0.4) is 0 Å². The number of aliphatic hydroxyl groups is 3. The van der Waals surface area contributed by atoms with E-state index in [2.05, 4.69) is 0 Å². The largest absolute Gasteiger partial charge is 0.466 e. The maximum absolute atomic E-state index is 12.9. The van der Waals surface area contributed by atoms with E-state index in [-0.39, 0.29) is 56.0 Å². The summed E-state index contributed by atoms with van der Waals surface area (Å²) in [6.45, 7) is 5.18. The Hall–Kier alpha value is -2.39. The van der Waals surface area contributed by atoms with Gasteiger partial charge in [-0.25, -0.2) is 4.79 Å². The number of hydrogen-bond donors (Lipinski definition) is 3. The Morgan fingerprint density at radius 2 is 1.78 bits per heavy atom. The summed E-state index contributed by atoms with van der Waals surface area (Å²) < 4.78 is 40.7. The molecule has 0 amide bonds. The van der Waals surface area contributed by atoms with Crippen LogP contribution >= 0.6 is 0 Å². The summed E-state index contributed by atoms with van der Waals surface area (Å²) in [7, 11) is 1.20. The molecule has 4 aliphatic rings. The minimum absolute atomic E-state index is 0.00435. The average Bonchev–Trinajstić information content (AvgIpc) is 3.00. The molecule has 0 radical (unpaired) electrons. The number of rotatable bonds is 4. The highest BCUT2D eigenvalue weighted by Crippen LogP contribution is 2.41. The monoisotopic (exact) mass is 654 g/mol. The molecule has 260 valence electrons. The first-order valence-electron chi connectivity index (χ1n) is 16.4. The van der Waals surface area contributed by atoms with Crippen LogP contribution in [0.15, 0.2) is 23.8 Å². The van der Waals surface area contributed by atoms with Crippen LogP contribution in [0.25, 0.3) is 0 Å². The first-order valence-corrected chi connectivity index (χ1v) is 16.4. The van der Waals surface area contributed by atoms with Gasteiger partial charge in [0.25, 0.3) is 0 Å². The summed E-state index contributed by atoms with van der Waals surface area (Å²) in [4.78, 5) is 37.9. The standard InChI is InChI=1S/C33H50O13/c1-5-28(36)45-32-21(14-29(37)40-4)13-26-18-27(20(3)34)44-30(38)16-22(35)15-23-7-6-8-24(42-23)17-25-11-12-41-31(43-25)10-9-19(2)33(32,39)46-26/h9-10,14,19-20,22-27,31-32,34-35,39H,5-8,11-13,15-18H2,1-4H3/b10-9+,21-14+/t19-,20+,22+,23-,24+,25-,26?,27?,31-,32-,33-/m0/s1. The van der Waals surface area contributed by atoms with Gasteiger partial charge < -0.3 is 48.5 Å². The van der Waals surface area contributed by atoms with Gasteiger partial charge in [0, 0.05) is 31.3 Å². The van der Waals surface area contributed by atoms with Crippen molar-refractivity contribution in [1.82, 2.24) is 0 Å². The lowest BCUT2D eigenvalue weighted by Gasteiger charge is -2.47. The summed E-state index contributed by atoms with van der Waals surface area (Å²) in [6, 6.07) is 0. The second kappa shape index (κ2) is 16.6. The third kappa shape index (κ3) is 9.82. The Kier molecular flexibility index (Phi) is 13.2. The molecule has 0 aromatic heterocycles. The molecule has 2 unspecified atom stereocenters. The summed E-state index contributed by atoms with van der Waals surface area (Å²) in [5, 5.41) is 33.5. The third-order valence-electron chi connectivity index (χ3n) is 9.05. The minimum Gasteiger partial charge on any atom is -0.466 e. The Labute approximate surface area is 270 Å². The fourth-order valence-electron chi connectivity index (χ4n) is 6.51. The van der Waals surface area contributed by atoms with E-state index in [0.29, 0.717) is 19.4 Å². The van der Waals surface area contributed by atoms with Gasteiger partial charge in [-0.15, -0.1) is 0 Å². The molecule has 3 N–H and O–H groups in total. The van der Waals surface area contributed by atoms with E-state index < -0.39 is 66.4 Å². The molecular weight excluding hydrogens is 604 g/mol. The van der Waals surface area contributed by atoms with Crippen LogP contribution < -0.4 is 0 Å². The van der Waals surface area contributed by atoms with Crippen LogP contribution in [-0.4, -0.2) is 108 Å². The zero-order valence-corrected chi connectivity index (χ0v) is 27.2. The number of cyclic esters (lactones) is 1. The van der Waals surface area contributed by atoms with E-state index in [9.17, 15) is 29.7 Å². The molecule has 0 aromatic carbocycles. The fraction of sp³-hybridized carbons (Fsp3) is 0.788. The van der Waals surface area contributed by atoms with Crippen molar-refractivity contribution in [1.29, 1.82) is 0 Å². The van der Waals surface area contributed by atoms with Gasteiger partial charge in [0.2, 0.25) is 5.79 Å². The lowest BCUT2D eigenvalue weighted by atomic mass is 9.83. The Morgan fingerprint density at radius 1 is 1.07 bits per heavy atom. The normalized spacial score (nSPS) is 40.2. The van der Waals surface area contributed by atoms with Crippen LogP contribution in [0, 0.1) is 5.92 Å². The number of carbonyl (C=O) groups is 3. The maximum Gasteiger partial charge on any atom is 0.330 e. The summed E-state index contributed by atoms with van der Waals surface area (Å²) >= 11 is 0. The number of esters is 3. The van der Waals surface area contributed by atoms with Gasteiger partial charge in [-0.1, -0.05) is 19.9 Å². The molecule has 3 saturated heterocycles. The number of aliphatic hydroxyl groups excluding tert-OH is 2. The smallest absolute Gasteiger partial charge is 0.330 e. The fourth-order valence-corrected chi connectivity index (χ4v) is 6.51. The van der Waals surface area contributed by atoms with Crippen molar-refractivity contribution in [2.45, 2.75) is 146 Å². The third-order valence-corrected chi connectivity index (χ3v) is 9.05. The topological polar surface area (TPSA) is 177 Å². The molecule has 4 aliphatic heterocycles. The van der Waals surface area contributed by atoms with Gasteiger partial charge in [-0.3, -0.25) is 9.59 Å². The van der Waals surface area contributed by atoms with Crippen LogP contribution in [0.5, 0.6) is 0 Å². The molecule has 0 spiro atoms. The van der Waals surface area contributed by atoms with Crippen molar-refractivity contribution in [2.75, 3.05) is 13.7 Å². The first-order chi connectivity index (χ1) is 21.9. The predicted molar refractivity (Wildman–Crippen MR) is 161 cm³/mol. The molecule has 13 heteroatoms. The summed E-state index contributed by atoms with van der Waals surface area (Å²) in [6.07, 6.45) is 1.62.